The Balaban J connectivity index is 1.88. The number of nitrogens with one attached hydrogen (secondary N) is 2. The van der Waals surface area contributed by atoms with Crippen LogP contribution in [-0.4, -0.2) is 47.5 Å². The van der Waals surface area contributed by atoms with Crippen LogP contribution in [0, 0.1) is 17.7 Å². The van der Waals surface area contributed by atoms with Crippen LogP contribution in [0.15, 0.2) is 18.2 Å². The minimum atomic E-state index is -1.23. The first kappa shape index (κ1) is 20.7. The smallest absolute Gasteiger partial charge is 0.335 e. The van der Waals surface area contributed by atoms with Crippen molar-refractivity contribution < 1.29 is 23.9 Å². The summed E-state index contributed by atoms with van der Waals surface area (Å²) in [4.78, 5) is 36.9. The van der Waals surface area contributed by atoms with Gasteiger partial charge in [0.05, 0.1) is 11.3 Å². The van der Waals surface area contributed by atoms with E-state index in [1.54, 1.807) is 4.90 Å². The number of carbonyl (C=O) groups is 3. The molecule has 1 saturated heterocycles. The van der Waals surface area contributed by atoms with Gasteiger partial charge in [0.15, 0.2) is 0 Å². The maximum atomic E-state index is 13.9. The number of amides is 3. The zero-order valence-corrected chi connectivity index (χ0v) is 15.6. The zero-order valence-electron chi connectivity index (χ0n) is 15.6. The highest BCUT2D eigenvalue weighted by atomic mass is 19.1. The lowest BCUT2D eigenvalue weighted by molar-refractivity contribution is -0.117. The molecule has 0 saturated carbocycles. The highest BCUT2D eigenvalue weighted by molar-refractivity contribution is 5.92. The van der Waals surface area contributed by atoms with Crippen LogP contribution in [0.25, 0.3) is 0 Å². The fraction of sp³-hybridized carbons (Fsp3) is 0.526. The van der Waals surface area contributed by atoms with Crippen molar-refractivity contribution in [3.05, 3.63) is 29.6 Å². The lowest BCUT2D eigenvalue weighted by atomic mass is 9.94. The van der Waals surface area contributed by atoms with Gasteiger partial charge in [-0.15, -0.1) is 0 Å². The van der Waals surface area contributed by atoms with Gasteiger partial charge < -0.3 is 20.6 Å². The first-order valence-electron chi connectivity index (χ1n) is 9.11. The Morgan fingerprint density at radius 3 is 2.70 bits per heavy atom. The van der Waals surface area contributed by atoms with E-state index in [2.05, 4.69) is 10.6 Å². The lowest BCUT2D eigenvalue weighted by Crippen LogP contribution is -2.46. The fourth-order valence-corrected chi connectivity index (χ4v) is 3.03. The van der Waals surface area contributed by atoms with Gasteiger partial charge in [0.1, 0.15) is 5.82 Å². The standard InChI is InChI=1S/C19H26FN3O4/c1-12(2)10-21-19(27)23-7-3-4-13(11-23)8-17(24)22-16-6-5-14(18(25)26)9-15(16)20/h5-6,9,12-13H,3-4,7-8,10-11H2,1-2H3,(H,21,27)(H,22,24)(H,25,26). The Morgan fingerprint density at radius 2 is 2.07 bits per heavy atom. The van der Waals surface area contributed by atoms with E-state index in [-0.39, 0.29) is 35.5 Å². The zero-order chi connectivity index (χ0) is 20.0. The molecule has 1 aliphatic rings. The molecule has 1 fully saturated rings. The topological polar surface area (TPSA) is 98.7 Å². The van der Waals surface area contributed by atoms with E-state index in [1.807, 2.05) is 13.8 Å². The van der Waals surface area contributed by atoms with Crippen molar-refractivity contribution in [3.8, 4) is 0 Å². The molecule has 3 amide bonds. The minimum absolute atomic E-state index is 0.00454. The number of carboxylic acids is 1. The summed E-state index contributed by atoms with van der Waals surface area (Å²) in [6, 6.07) is 3.23. The van der Waals surface area contributed by atoms with Gasteiger partial charge in [-0.3, -0.25) is 4.79 Å². The summed E-state index contributed by atoms with van der Waals surface area (Å²) < 4.78 is 13.9. The minimum Gasteiger partial charge on any atom is -0.478 e. The number of anilines is 1. The van der Waals surface area contributed by atoms with Crippen molar-refractivity contribution in [1.29, 1.82) is 0 Å². The second-order valence-corrected chi connectivity index (χ2v) is 7.29. The summed E-state index contributed by atoms with van der Waals surface area (Å²) in [5.74, 6) is -2.01. The molecule has 0 radical (unpaired) electrons. The third-order valence-corrected chi connectivity index (χ3v) is 4.43. The molecule has 7 nitrogen and oxygen atoms in total. The Bertz CT molecular complexity index is 708. The second kappa shape index (κ2) is 9.34. The number of hydrogen-bond donors (Lipinski definition) is 3. The number of halogens is 1. The quantitative estimate of drug-likeness (QED) is 0.708. The molecule has 148 valence electrons. The third-order valence-electron chi connectivity index (χ3n) is 4.43. The summed E-state index contributed by atoms with van der Waals surface area (Å²) in [6.45, 7) is 5.79. The molecule has 1 atom stereocenters. The number of rotatable bonds is 6. The SMILES string of the molecule is CC(C)CNC(=O)N1CCCC(CC(=O)Nc2ccc(C(=O)O)cc2F)C1. The third kappa shape index (κ3) is 6.23. The van der Waals surface area contributed by atoms with Crippen LogP contribution in [0.5, 0.6) is 0 Å². The van der Waals surface area contributed by atoms with E-state index >= 15 is 0 Å². The molecule has 0 spiro atoms. The highest BCUT2D eigenvalue weighted by Crippen LogP contribution is 2.22. The van der Waals surface area contributed by atoms with Gasteiger partial charge in [-0.25, -0.2) is 14.0 Å². The monoisotopic (exact) mass is 379 g/mol. The fourth-order valence-electron chi connectivity index (χ4n) is 3.03. The normalized spacial score (nSPS) is 16.9. The van der Waals surface area contributed by atoms with Gasteiger partial charge in [0, 0.05) is 26.1 Å². The van der Waals surface area contributed by atoms with Crippen molar-refractivity contribution in [2.24, 2.45) is 11.8 Å². The summed E-state index contributed by atoms with van der Waals surface area (Å²) in [5, 5.41) is 14.2. The first-order chi connectivity index (χ1) is 12.8. The Labute approximate surface area is 157 Å². The Hall–Kier alpha value is -2.64. The summed E-state index contributed by atoms with van der Waals surface area (Å²) in [5.41, 5.74) is -0.229. The second-order valence-electron chi connectivity index (χ2n) is 7.29. The molecule has 0 bridgehead atoms. The van der Waals surface area contributed by atoms with E-state index in [4.69, 9.17) is 5.11 Å². The van der Waals surface area contributed by atoms with E-state index in [9.17, 15) is 18.8 Å². The number of urea groups is 1. The van der Waals surface area contributed by atoms with Crippen LogP contribution in [-0.2, 0) is 4.79 Å². The van der Waals surface area contributed by atoms with Gasteiger partial charge in [-0.2, -0.15) is 0 Å². The predicted octanol–water partition coefficient (Wildman–Crippen LogP) is 2.93. The molecule has 8 heteroatoms. The molecule has 27 heavy (non-hydrogen) atoms. The summed E-state index contributed by atoms with van der Waals surface area (Å²) >= 11 is 0. The van der Waals surface area contributed by atoms with Crippen LogP contribution in [0.3, 0.4) is 0 Å². The highest BCUT2D eigenvalue weighted by Gasteiger charge is 2.25. The Kier molecular flexibility index (Phi) is 7.15. The van der Waals surface area contributed by atoms with Gasteiger partial charge in [0.25, 0.3) is 0 Å². The molecule has 3 N–H and O–H groups in total. The predicted molar refractivity (Wildman–Crippen MR) is 99.1 cm³/mol. The van der Waals surface area contributed by atoms with Crippen LogP contribution < -0.4 is 10.6 Å². The lowest BCUT2D eigenvalue weighted by Gasteiger charge is -2.32. The van der Waals surface area contributed by atoms with Crippen molar-refractivity contribution >= 4 is 23.6 Å². The van der Waals surface area contributed by atoms with Gasteiger partial charge >= 0.3 is 12.0 Å². The van der Waals surface area contributed by atoms with E-state index in [1.165, 1.54) is 12.1 Å². The van der Waals surface area contributed by atoms with Crippen molar-refractivity contribution in [2.75, 3.05) is 25.0 Å². The molecule has 0 aliphatic carbocycles. The number of hydrogen-bond acceptors (Lipinski definition) is 3. The van der Waals surface area contributed by atoms with Gasteiger partial charge in [0.2, 0.25) is 5.91 Å². The number of nitrogens with zero attached hydrogens (tertiary/aromatic N) is 1. The number of benzene rings is 1. The molecule has 1 aromatic carbocycles. The molecule has 1 unspecified atom stereocenters. The molecule has 1 aromatic rings. The first-order valence-corrected chi connectivity index (χ1v) is 9.11. The molecular weight excluding hydrogens is 353 g/mol. The van der Waals surface area contributed by atoms with E-state index in [0.29, 0.717) is 25.6 Å². The van der Waals surface area contributed by atoms with Crippen molar-refractivity contribution in [3.63, 3.8) is 0 Å². The van der Waals surface area contributed by atoms with Crippen LogP contribution in [0.2, 0.25) is 0 Å². The van der Waals surface area contributed by atoms with Crippen LogP contribution in [0.4, 0.5) is 14.9 Å². The maximum Gasteiger partial charge on any atom is 0.335 e. The molecular formula is C19H26FN3O4. The summed E-state index contributed by atoms with van der Waals surface area (Å²) in [6.07, 6.45) is 1.81. The molecule has 1 heterocycles. The molecule has 2 rings (SSSR count). The molecule has 0 aromatic heterocycles. The summed E-state index contributed by atoms with van der Waals surface area (Å²) in [7, 11) is 0. The average Bonchev–Trinajstić information content (AvgIpc) is 2.61. The van der Waals surface area contributed by atoms with Gasteiger partial charge in [-0.1, -0.05) is 13.8 Å². The Morgan fingerprint density at radius 1 is 1.33 bits per heavy atom. The van der Waals surface area contributed by atoms with Crippen LogP contribution in [0.1, 0.15) is 43.5 Å². The van der Waals surface area contributed by atoms with E-state index < -0.39 is 11.8 Å². The number of carbonyl (C=O) groups excluding carboxylic acids is 2. The van der Waals surface area contributed by atoms with E-state index in [0.717, 1.165) is 18.9 Å². The van der Waals surface area contributed by atoms with Crippen molar-refractivity contribution in [1.82, 2.24) is 10.2 Å². The van der Waals surface area contributed by atoms with Crippen molar-refractivity contribution in [2.45, 2.75) is 33.1 Å². The number of likely N-dealkylation sites (tertiary alicyclic amines) is 1. The molecule has 1 aliphatic heterocycles. The number of piperidine rings is 1. The number of carboxylic acid groups (broad SMARTS) is 1. The average molecular weight is 379 g/mol. The number of aromatic carboxylic acids is 1. The maximum absolute atomic E-state index is 13.9. The van der Waals surface area contributed by atoms with Gasteiger partial charge in [-0.05, 0) is 42.9 Å². The largest absolute Gasteiger partial charge is 0.478 e. The van der Waals surface area contributed by atoms with Crippen LogP contribution >= 0.6 is 0 Å².